The lowest BCUT2D eigenvalue weighted by atomic mass is 10.1. The number of carbonyl (C=O) groups excluding carboxylic acids is 1. The average molecular weight is 410 g/mol. The maximum absolute atomic E-state index is 11.5. The highest BCUT2D eigenvalue weighted by Gasteiger charge is 2.14. The van der Waals surface area contributed by atoms with Gasteiger partial charge in [0, 0.05) is 49.5 Å². The van der Waals surface area contributed by atoms with Crippen molar-refractivity contribution >= 4 is 34.8 Å². The Kier molecular flexibility index (Phi) is 8.55. The van der Waals surface area contributed by atoms with Crippen molar-refractivity contribution < 1.29 is 9.90 Å². The summed E-state index contributed by atoms with van der Waals surface area (Å²) >= 11 is 11.7. The minimum atomic E-state index is -0.426. The minimum absolute atomic E-state index is 0.0331. The van der Waals surface area contributed by atoms with Crippen molar-refractivity contribution in [2.24, 2.45) is 0 Å². The molecule has 1 aliphatic rings. The van der Waals surface area contributed by atoms with E-state index >= 15 is 0 Å². The number of nitrogens with zero attached hydrogens (tertiary/aromatic N) is 1. The number of anilines is 1. The lowest BCUT2D eigenvalue weighted by molar-refractivity contribution is -0.119. The largest absolute Gasteiger partial charge is 0.494 e. The van der Waals surface area contributed by atoms with Crippen LogP contribution < -0.4 is 15.5 Å². The van der Waals surface area contributed by atoms with E-state index < -0.39 is 6.17 Å². The first kappa shape index (κ1) is 21.2. The van der Waals surface area contributed by atoms with Crippen LogP contribution in [0.15, 0.2) is 60.0 Å². The number of benzene rings is 1. The van der Waals surface area contributed by atoms with E-state index in [1.807, 2.05) is 36.4 Å². The van der Waals surface area contributed by atoms with Crippen molar-refractivity contribution in [3.63, 3.8) is 0 Å². The van der Waals surface area contributed by atoms with Crippen LogP contribution in [0.5, 0.6) is 0 Å². The monoisotopic (exact) mass is 409 g/mol. The fourth-order valence-corrected chi connectivity index (χ4v) is 3.22. The number of nitrogens with one attached hydrogen (secondary N) is 2. The van der Waals surface area contributed by atoms with Gasteiger partial charge in [0.2, 0.25) is 5.91 Å². The zero-order valence-electron chi connectivity index (χ0n) is 15.3. The second kappa shape index (κ2) is 10.9. The quantitative estimate of drug-likeness (QED) is 0.314. The van der Waals surface area contributed by atoms with Crippen LogP contribution in [0.25, 0.3) is 0 Å². The van der Waals surface area contributed by atoms with Crippen molar-refractivity contribution in [3.8, 4) is 0 Å². The Morgan fingerprint density at radius 1 is 1.07 bits per heavy atom. The molecule has 1 amide bonds. The molecule has 2 rings (SSSR count). The van der Waals surface area contributed by atoms with Gasteiger partial charge in [0.1, 0.15) is 6.17 Å². The van der Waals surface area contributed by atoms with Crippen molar-refractivity contribution in [2.75, 3.05) is 29.7 Å². The molecule has 0 aliphatic heterocycles. The summed E-state index contributed by atoms with van der Waals surface area (Å²) in [6, 6.07) is 8.03. The molecule has 146 valence electrons. The Balaban J connectivity index is 2.08. The second-order valence-corrected chi connectivity index (χ2v) is 6.91. The smallest absolute Gasteiger partial charge is 0.218 e. The van der Waals surface area contributed by atoms with Gasteiger partial charge in [-0.2, -0.15) is 0 Å². The fourth-order valence-electron chi connectivity index (χ4n) is 2.82. The van der Waals surface area contributed by atoms with Gasteiger partial charge in [-0.15, -0.1) is 23.2 Å². The van der Waals surface area contributed by atoms with Gasteiger partial charge in [-0.3, -0.25) is 4.79 Å². The SMILES string of the molecule is CC(=O)NC(Cc1ccc(N(CCCl)CCCl)cc1)NC(O)=C1C=CC=C1. The van der Waals surface area contributed by atoms with E-state index in [-0.39, 0.29) is 11.8 Å². The van der Waals surface area contributed by atoms with E-state index in [1.165, 1.54) is 6.92 Å². The Morgan fingerprint density at radius 2 is 1.67 bits per heavy atom. The van der Waals surface area contributed by atoms with Crippen LogP contribution in [-0.2, 0) is 11.2 Å². The molecule has 0 saturated heterocycles. The lowest BCUT2D eigenvalue weighted by Crippen LogP contribution is -2.45. The molecular weight excluding hydrogens is 385 g/mol. The van der Waals surface area contributed by atoms with Crippen LogP contribution in [0.4, 0.5) is 5.69 Å². The summed E-state index contributed by atoms with van der Waals surface area (Å²) in [4.78, 5) is 13.7. The number of alkyl halides is 2. The van der Waals surface area contributed by atoms with Gasteiger partial charge in [0.25, 0.3) is 0 Å². The first-order valence-corrected chi connectivity index (χ1v) is 9.88. The summed E-state index contributed by atoms with van der Waals surface area (Å²) in [5.41, 5.74) is 2.76. The minimum Gasteiger partial charge on any atom is -0.494 e. The molecule has 1 aromatic rings. The summed E-state index contributed by atoms with van der Waals surface area (Å²) in [6.45, 7) is 2.91. The molecule has 7 heteroatoms. The Morgan fingerprint density at radius 3 is 2.19 bits per heavy atom. The van der Waals surface area contributed by atoms with Crippen LogP contribution in [0, 0.1) is 0 Å². The number of aliphatic hydroxyl groups is 1. The zero-order chi connectivity index (χ0) is 19.6. The first-order valence-electron chi connectivity index (χ1n) is 8.81. The van der Waals surface area contributed by atoms with Gasteiger partial charge in [-0.1, -0.05) is 24.3 Å². The third kappa shape index (κ3) is 6.85. The zero-order valence-corrected chi connectivity index (χ0v) is 16.8. The van der Waals surface area contributed by atoms with E-state index in [1.54, 1.807) is 12.2 Å². The highest BCUT2D eigenvalue weighted by molar-refractivity contribution is 6.18. The van der Waals surface area contributed by atoms with Crippen molar-refractivity contribution in [1.82, 2.24) is 10.6 Å². The molecule has 1 aromatic carbocycles. The van der Waals surface area contributed by atoms with E-state index in [4.69, 9.17) is 23.2 Å². The fraction of sp³-hybridized carbons (Fsp3) is 0.350. The van der Waals surface area contributed by atoms with Gasteiger partial charge in [-0.05, 0) is 29.8 Å². The van der Waals surface area contributed by atoms with Crippen LogP contribution in [0.3, 0.4) is 0 Å². The normalized spacial score (nSPS) is 13.5. The molecular formula is C20H25Cl2N3O2. The highest BCUT2D eigenvalue weighted by atomic mass is 35.5. The van der Waals surface area contributed by atoms with Gasteiger partial charge in [0.05, 0.1) is 0 Å². The summed E-state index contributed by atoms with van der Waals surface area (Å²) < 4.78 is 0. The molecule has 27 heavy (non-hydrogen) atoms. The summed E-state index contributed by atoms with van der Waals surface area (Å²) in [6.07, 6.45) is 7.37. The predicted octanol–water partition coefficient (Wildman–Crippen LogP) is 3.46. The molecule has 5 nitrogen and oxygen atoms in total. The van der Waals surface area contributed by atoms with Gasteiger partial charge >= 0.3 is 0 Å². The molecule has 1 atom stereocenters. The number of aliphatic hydroxyl groups excluding tert-OH is 1. The number of amides is 1. The van der Waals surface area contributed by atoms with Crippen molar-refractivity contribution in [2.45, 2.75) is 19.5 Å². The second-order valence-electron chi connectivity index (χ2n) is 6.16. The van der Waals surface area contributed by atoms with Crippen molar-refractivity contribution in [1.29, 1.82) is 0 Å². The van der Waals surface area contributed by atoms with Crippen LogP contribution >= 0.6 is 23.2 Å². The number of rotatable bonds is 10. The number of hydrogen-bond acceptors (Lipinski definition) is 4. The van der Waals surface area contributed by atoms with Gasteiger partial charge in [0.15, 0.2) is 5.88 Å². The maximum atomic E-state index is 11.5. The molecule has 3 N–H and O–H groups in total. The average Bonchev–Trinajstić information content (AvgIpc) is 3.16. The summed E-state index contributed by atoms with van der Waals surface area (Å²) in [5, 5.41) is 16.0. The third-order valence-corrected chi connectivity index (χ3v) is 4.41. The predicted molar refractivity (Wildman–Crippen MR) is 112 cm³/mol. The van der Waals surface area contributed by atoms with Crippen LogP contribution in [0.2, 0.25) is 0 Å². The highest BCUT2D eigenvalue weighted by Crippen LogP contribution is 2.17. The van der Waals surface area contributed by atoms with E-state index in [0.717, 1.165) is 24.3 Å². The molecule has 0 bridgehead atoms. The number of allylic oxidation sites excluding steroid dienone is 5. The molecule has 0 heterocycles. The molecule has 0 radical (unpaired) electrons. The Hall–Kier alpha value is -2.11. The molecule has 1 unspecified atom stereocenters. The molecule has 0 fully saturated rings. The molecule has 0 saturated carbocycles. The first-order chi connectivity index (χ1) is 13.0. The van der Waals surface area contributed by atoms with Crippen molar-refractivity contribution in [3.05, 3.63) is 65.6 Å². The number of carbonyl (C=O) groups is 1. The topological polar surface area (TPSA) is 64.6 Å². The number of hydrogen-bond donors (Lipinski definition) is 3. The molecule has 1 aliphatic carbocycles. The standard InChI is InChI=1S/C20H25Cl2N3O2/c1-15(26)23-19(24-20(27)17-4-2-3-5-17)14-16-6-8-18(9-7-16)25(12-10-21)13-11-22/h2-9,19,24,27H,10-14H2,1H3,(H,23,26). The van der Waals surface area contributed by atoms with Gasteiger partial charge in [-0.25, -0.2) is 0 Å². The van der Waals surface area contributed by atoms with E-state index in [2.05, 4.69) is 15.5 Å². The Bertz CT molecular complexity index is 694. The third-order valence-electron chi connectivity index (χ3n) is 4.07. The lowest BCUT2D eigenvalue weighted by Gasteiger charge is -2.24. The summed E-state index contributed by atoms with van der Waals surface area (Å²) in [5.74, 6) is 0.925. The molecule has 0 aromatic heterocycles. The van der Waals surface area contributed by atoms with E-state index in [9.17, 15) is 9.90 Å². The van der Waals surface area contributed by atoms with Crippen LogP contribution in [-0.4, -0.2) is 42.0 Å². The summed E-state index contributed by atoms with van der Waals surface area (Å²) in [7, 11) is 0. The molecule has 0 spiro atoms. The van der Waals surface area contributed by atoms with Crippen LogP contribution in [0.1, 0.15) is 12.5 Å². The number of halogens is 2. The van der Waals surface area contributed by atoms with Gasteiger partial charge < -0.3 is 20.6 Å². The maximum Gasteiger partial charge on any atom is 0.218 e. The van der Waals surface area contributed by atoms with E-state index in [0.29, 0.717) is 23.8 Å². The Labute approximate surface area is 170 Å².